The summed E-state index contributed by atoms with van der Waals surface area (Å²) in [5, 5.41) is 15.3. The number of carbonyl (C=O) groups is 1. The molecule has 0 saturated heterocycles. The standard InChI is InChI=1S/C13H14F3N5O/c1-2-9(11(22)17-12-18-20-21-19-12)7-8-3-5-10(6-4-8)13(14,15)16/h3-6,9H,2,7H2,1H3,(H2,17,18,19,20,21,22). The predicted octanol–water partition coefficient (Wildman–Crippen LogP) is 2.43. The van der Waals surface area contributed by atoms with Gasteiger partial charge in [0.2, 0.25) is 5.91 Å². The first kappa shape index (κ1) is 15.9. The van der Waals surface area contributed by atoms with Crippen molar-refractivity contribution in [2.45, 2.75) is 25.9 Å². The number of aromatic amines is 1. The number of halogens is 3. The van der Waals surface area contributed by atoms with Crippen molar-refractivity contribution in [3.05, 3.63) is 35.4 Å². The van der Waals surface area contributed by atoms with Crippen LogP contribution in [0.5, 0.6) is 0 Å². The van der Waals surface area contributed by atoms with E-state index in [0.29, 0.717) is 18.4 Å². The molecule has 9 heteroatoms. The summed E-state index contributed by atoms with van der Waals surface area (Å²) in [6.07, 6.45) is -3.50. The van der Waals surface area contributed by atoms with Crippen molar-refractivity contribution < 1.29 is 18.0 Å². The summed E-state index contributed by atoms with van der Waals surface area (Å²) >= 11 is 0. The molecule has 2 aromatic rings. The van der Waals surface area contributed by atoms with Gasteiger partial charge < -0.3 is 0 Å². The molecule has 0 aliphatic heterocycles. The van der Waals surface area contributed by atoms with Crippen molar-refractivity contribution >= 4 is 11.9 Å². The summed E-state index contributed by atoms with van der Waals surface area (Å²) < 4.78 is 37.5. The molecule has 6 nitrogen and oxygen atoms in total. The molecule has 2 rings (SSSR count). The second kappa shape index (κ2) is 6.54. The maximum absolute atomic E-state index is 12.5. The molecule has 0 bridgehead atoms. The fourth-order valence-corrected chi connectivity index (χ4v) is 1.96. The highest BCUT2D eigenvalue weighted by Crippen LogP contribution is 2.29. The highest BCUT2D eigenvalue weighted by molar-refractivity contribution is 5.90. The van der Waals surface area contributed by atoms with Gasteiger partial charge in [-0.3, -0.25) is 10.1 Å². The second-order valence-corrected chi connectivity index (χ2v) is 4.73. The Kier molecular flexibility index (Phi) is 4.74. The first-order valence-corrected chi connectivity index (χ1v) is 6.60. The third kappa shape index (κ3) is 4.03. The van der Waals surface area contributed by atoms with E-state index in [4.69, 9.17) is 0 Å². The molecule has 2 N–H and O–H groups in total. The van der Waals surface area contributed by atoms with Crippen molar-refractivity contribution in [3.8, 4) is 0 Å². The van der Waals surface area contributed by atoms with E-state index in [1.807, 2.05) is 6.92 Å². The summed E-state index contributed by atoms with van der Waals surface area (Å²) in [6.45, 7) is 1.82. The van der Waals surface area contributed by atoms with Crippen LogP contribution in [0, 0.1) is 5.92 Å². The molecule has 0 aliphatic rings. The lowest BCUT2D eigenvalue weighted by atomic mass is 9.95. The number of nitrogens with one attached hydrogen (secondary N) is 2. The quantitative estimate of drug-likeness (QED) is 0.888. The summed E-state index contributed by atoms with van der Waals surface area (Å²) in [5.41, 5.74) is -0.0522. The molecule has 1 heterocycles. The molecular weight excluding hydrogens is 299 g/mol. The largest absolute Gasteiger partial charge is 0.416 e. The van der Waals surface area contributed by atoms with E-state index in [1.165, 1.54) is 12.1 Å². The van der Waals surface area contributed by atoms with E-state index < -0.39 is 17.7 Å². The van der Waals surface area contributed by atoms with Crippen molar-refractivity contribution in [2.75, 3.05) is 5.32 Å². The topological polar surface area (TPSA) is 83.6 Å². The predicted molar refractivity (Wildman–Crippen MR) is 71.7 cm³/mol. The van der Waals surface area contributed by atoms with Crippen LogP contribution < -0.4 is 5.32 Å². The molecule has 1 amide bonds. The van der Waals surface area contributed by atoms with Crippen LogP contribution in [0.1, 0.15) is 24.5 Å². The summed E-state index contributed by atoms with van der Waals surface area (Å²) in [5.74, 6) is -0.630. The van der Waals surface area contributed by atoms with Gasteiger partial charge in [-0.25, -0.2) is 0 Å². The lowest BCUT2D eigenvalue weighted by Crippen LogP contribution is -2.24. The van der Waals surface area contributed by atoms with Gasteiger partial charge in [0.05, 0.1) is 5.56 Å². The van der Waals surface area contributed by atoms with Crippen LogP contribution in [0.25, 0.3) is 0 Å². The van der Waals surface area contributed by atoms with Crippen LogP contribution in [0.4, 0.5) is 19.1 Å². The third-order valence-corrected chi connectivity index (χ3v) is 3.21. The normalized spacial score (nSPS) is 12.9. The zero-order valence-electron chi connectivity index (χ0n) is 11.7. The number of anilines is 1. The molecule has 1 unspecified atom stereocenters. The van der Waals surface area contributed by atoms with Crippen LogP contribution in [-0.2, 0) is 17.4 Å². The van der Waals surface area contributed by atoms with Crippen molar-refractivity contribution in [1.29, 1.82) is 0 Å². The molecule has 1 aromatic carbocycles. The lowest BCUT2D eigenvalue weighted by molar-refractivity contribution is -0.137. The number of hydrogen-bond donors (Lipinski definition) is 2. The van der Waals surface area contributed by atoms with Crippen LogP contribution in [-0.4, -0.2) is 26.5 Å². The SMILES string of the molecule is CCC(Cc1ccc(C(F)(F)F)cc1)C(=O)Nc1nn[nH]n1. The Morgan fingerprint density at radius 3 is 2.50 bits per heavy atom. The molecule has 0 radical (unpaired) electrons. The van der Waals surface area contributed by atoms with Gasteiger partial charge in [-0.1, -0.05) is 24.2 Å². The first-order valence-electron chi connectivity index (χ1n) is 6.60. The Labute approximate surface area is 124 Å². The monoisotopic (exact) mass is 313 g/mol. The van der Waals surface area contributed by atoms with E-state index in [0.717, 1.165) is 12.1 Å². The minimum absolute atomic E-state index is 0.0656. The number of aromatic nitrogens is 4. The average Bonchev–Trinajstić information content (AvgIpc) is 2.97. The molecule has 118 valence electrons. The van der Waals surface area contributed by atoms with Crippen LogP contribution in [0.2, 0.25) is 0 Å². The maximum atomic E-state index is 12.5. The van der Waals surface area contributed by atoms with Gasteiger partial charge in [-0.15, -0.1) is 5.10 Å². The number of H-pyrrole nitrogens is 1. The average molecular weight is 313 g/mol. The Bertz CT molecular complexity index is 610. The fourth-order valence-electron chi connectivity index (χ4n) is 1.96. The smallest absolute Gasteiger partial charge is 0.292 e. The third-order valence-electron chi connectivity index (χ3n) is 3.21. The van der Waals surface area contributed by atoms with Gasteiger partial charge in [0.15, 0.2) is 0 Å². The van der Waals surface area contributed by atoms with Crippen LogP contribution in [0.15, 0.2) is 24.3 Å². The number of carbonyl (C=O) groups excluding carboxylic acids is 1. The Hall–Kier alpha value is -2.45. The van der Waals surface area contributed by atoms with Crippen molar-refractivity contribution in [1.82, 2.24) is 20.6 Å². The highest BCUT2D eigenvalue weighted by atomic mass is 19.4. The summed E-state index contributed by atoms with van der Waals surface area (Å²) in [7, 11) is 0. The van der Waals surface area contributed by atoms with E-state index in [9.17, 15) is 18.0 Å². The minimum atomic E-state index is -4.36. The van der Waals surface area contributed by atoms with Gasteiger partial charge in [-0.05, 0) is 35.8 Å². The van der Waals surface area contributed by atoms with Crippen molar-refractivity contribution in [3.63, 3.8) is 0 Å². The van der Waals surface area contributed by atoms with E-state index in [1.54, 1.807) is 0 Å². The number of tetrazole rings is 1. The first-order chi connectivity index (χ1) is 10.4. The number of alkyl halides is 3. The van der Waals surface area contributed by atoms with Gasteiger partial charge >= 0.3 is 6.18 Å². The number of amides is 1. The lowest BCUT2D eigenvalue weighted by Gasteiger charge is -2.14. The van der Waals surface area contributed by atoms with Crippen LogP contribution >= 0.6 is 0 Å². The fraction of sp³-hybridized carbons (Fsp3) is 0.385. The zero-order chi connectivity index (χ0) is 16.2. The molecule has 0 fully saturated rings. The van der Waals surface area contributed by atoms with Gasteiger partial charge in [0.25, 0.3) is 5.95 Å². The van der Waals surface area contributed by atoms with E-state index >= 15 is 0 Å². The van der Waals surface area contributed by atoms with Crippen molar-refractivity contribution in [2.24, 2.45) is 5.92 Å². The Morgan fingerprint density at radius 2 is 2.00 bits per heavy atom. The van der Waals surface area contributed by atoms with Gasteiger partial charge in [0, 0.05) is 5.92 Å². The number of nitrogens with zero attached hydrogens (tertiary/aromatic N) is 3. The molecule has 0 aliphatic carbocycles. The molecule has 1 aromatic heterocycles. The number of benzene rings is 1. The van der Waals surface area contributed by atoms with E-state index in [-0.39, 0.29) is 11.9 Å². The second-order valence-electron chi connectivity index (χ2n) is 4.73. The zero-order valence-corrected chi connectivity index (χ0v) is 11.7. The maximum Gasteiger partial charge on any atom is 0.416 e. The number of hydrogen-bond acceptors (Lipinski definition) is 4. The molecule has 22 heavy (non-hydrogen) atoms. The van der Waals surface area contributed by atoms with Gasteiger partial charge in [-0.2, -0.15) is 18.4 Å². The molecule has 0 saturated carbocycles. The molecular formula is C13H14F3N5O. The van der Waals surface area contributed by atoms with Gasteiger partial charge in [0.1, 0.15) is 0 Å². The minimum Gasteiger partial charge on any atom is -0.292 e. The van der Waals surface area contributed by atoms with E-state index in [2.05, 4.69) is 25.9 Å². The number of rotatable bonds is 5. The Morgan fingerprint density at radius 1 is 1.32 bits per heavy atom. The molecule has 1 atom stereocenters. The highest BCUT2D eigenvalue weighted by Gasteiger charge is 2.30. The Balaban J connectivity index is 2.02. The summed E-state index contributed by atoms with van der Waals surface area (Å²) in [4.78, 5) is 12.1. The summed E-state index contributed by atoms with van der Waals surface area (Å²) in [6, 6.07) is 4.79. The van der Waals surface area contributed by atoms with Crippen LogP contribution in [0.3, 0.4) is 0 Å². The molecule has 0 spiro atoms.